The maximum absolute atomic E-state index is 12.9. The van der Waals surface area contributed by atoms with Crippen molar-refractivity contribution < 1.29 is 24.2 Å². The van der Waals surface area contributed by atoms with Gasteiger partial charge in [0, 0.05) is 6.04 Å². The minimum absolute atomic E-state index is 0.0403. The zero-order chi connectivity index (χ0) is 24.7. The number of carboxylic acids is 1. The van der Waals surface area contributed by atoms with E-state index >= 15 is 0 Å². The largest absolute Gasteiger partial charge is 0.477 e. The third kappa shape index (κ3) is 4.21. The van der Waals surface area contributed by atoms with Crippen molar-refractivity contribution in [2.45, 2.75) is 44.8 Å². The number of hydrogen-bond acceptors (Lipinski definition) is 8. The van der Waals surface area contributed by atoms with Crippen molar-refractivity contribution in [3.05, 3.63) is 52.2 Å². The van der Waals surface area contributed by atoms with Crippen LogP contribution in [0.1, 0.15) is 57.0 Å². The van der Waals surface area contributed by atoms with Gasteiger partial charge in [0.25, 0.3) is 11.1 Å². The van der Waals surface area contributed by atoms with Crippen LogP contribution in [-0.2, 0) is 0 Å². The molecule has 0 saturated heterocycles. The van der Waals surface area contributed by atoms with Gasteiger partial charge in [-0.2, -0.15) is 15.3 Å². The maximum Gasteiger partial charge on any atom is 0.351 e. The average Bonchev–Trinajstić information content (AvgIpc) is 3.39. The van der Waals surface area contributed by atoms with Crippen molar-refractivity contribution in [2.24, 2.45) is 5.41 Å². The van der Waals surface area contributed by atoms with Crippen LogP contribution in [0.2, 0.25) is 0 Å². The molecule has 2 aliphatic rings. The highest BCUT2D eigenvalue weighted by Gasteiger charge is 2.54. The fourth-order valence-corrected chi connectivity index (χ4v) is 5.65. The lowest BCUT2D eigenvalue weighted by atomic mass is 9.53. The van der Waals surface area contributed by atoms with Crippen LogP contribution in [0.15, 0.2) is 30.5 Å². The van der Waals surface area contributed by atoms with Crippen LogP contribution in [0, 0.1) is 23.7 Å². The summed E-state index contributed by atoms with van der Waals surface area (Å²) in [6.07, 6.45) is 4.78. The number of aromatic nitrogens is 3. The molecule has 10 nitrogen and oxygen atoms in total. The molecule has 35 heavy (non-hydrogen) atoms. The Balaban J connectivity index is 1.14. The Kier molecular flexibility index (Phi) is 5.68. The number of thiazole rings is 1. The molecule has 0 atom stereocenters. The van der Waals surface area contributed by atoms with Gasteiger partial charge in [-0.25, -0.2) is 9.48 Å². The Morgan fingerprint density at radius 1 is 1.26 bits per heavy atom. The molecule has 2 aromatic heterocycles. The first-order valence-corrected chi connectivity index (χ1v) is 11.9. The normalized spacial score (nSPS) is 22.5. The minimum atomic E-state index is -1.08. The molecule has 0 aliphatic heterocycles. The minimum Gasteiger partial charge on any atom is -0.477 e. The predicted molar refractivity (Wildman–Crippen MR) is 125 cm³/mol. The molecule has 2 saturated carbocycles. The maximum atomic E-state index is 12.9. The molecule has 0 radical (unpaired) electrons. The number of methoxy groups -OCH3 is 1. The summed E-state index contributed by atoms with van der Waals surface area (Å²) in [5, 5.41) is 26.0. The summed E-state index contributed by atoms with van der Waals surface area (Å²) < 4.78 is 12.6. The highest BCUT2D eigenvalue weighted by molar-refractivity contribution is 7.15. The standard InChI is InChI=1S/C24H23N5O5S/c1-13-18(12-26-29(13)16-5-3-14(11-25)4-6-16)20(30)27-15-7-24(8-15)9-17(10-24)34-21-19(22(31)32)35-23(28-21)33-2/h3-6,12,15,17H,7-10H2,1-2H3,(H,27,30)(H,31,32). The summed E-state index contributed by atoms with van der Waals surface area (Å²) in [5.74, 6) is -1.13. The van der Waals surface area contributed by atoms with Crippen LogP contribution in [0.3, 0.4) is 0 Å². The van der Waals surface area contributed by atoms with Crippen LogP contribution < -0.4 is 14.8 Å². The summed E-state index contributed by atoms with van der Waals surface area (Å²) >= 11 is 0.947. The van der Waals surface area contributed by atoms with Crippen LogP contribution in [0.5, 0.6) is 11.1 Å². The van der Waals surface area contributed by atoms with Gasteiger partial charge in [0.2, 0.25) is 5.88 Å². The molecule has 2 aliphatic carbocycles. The lowest BCUT2D eigenvalue weighted by Crippen LogP contribution is -2.58. The Bertz CT molecular complexity index is 1330. The second kappa shape index (κ2) is 8.70. The van der Waals surface area contributed by atoms with Crippen molar-refractivity contribution >= 4 is 23.2 Å². The van der Waals surface area contributed by atoms with E-state index < -0.39 is 5.97 Å². The van der Waals surface area contributed by atoms with E-state index in [4.69, 9.17) is 14.7 Å². The van der Waals surface area contributed by atoms with Gasteiger partial charge in [0.1, 0.15) is 6.10 Å². The highest BCUT2D eigenvalue weighted by atomic mass is 32.1. The fourth-order valence-electron chi connectivity index (χ4n) is 4.99. The molecule has 0 unspecified atom stereocenters. The summed E-state index contributed by atoms with van der Waals surface area (Å²) in [6.45, 7) is 1.84. The smallest absolute Gasteiger partial charge is 0.351 e. The molecule has 1 aromatic carbocycles. The van der Waals surface area contributed by atoms with Gasteiger partial charge < -0.3 is 19.9 Å². The van der Waals surface area contributed by atoms with Crippen LogP contribution >= 0.6 is 11.3 Å². The summed E-state index contributed by atoms with van der Waals surface area (Å²) in [6, 6.07) is 9.19. The third-order valence-corrected chi connectivity index (χ3v) is 7.72. The second-order valence-electron chi connectivity index (χ2n) is 9.06. The van der Waals surface area contributed by atoms with E-state index in [1.54, 1.807) is 35.1 Å². The van der Waals surface area contributed by atoms with Gasteiger partial charge in [0.15, 0.2) is 4.88 Å². The van der Waals surface area contributed by atoms with Gasteiger partial charge in [-0.3, -0.25) is 4.79 Å². The lowest BCUT2D eigenvalue weighted by molar-refractivity contribution is -0.0847. The van der Waals surface area contributed by atoms with E-state index in [0.29, 0.717) is 11.1 Å². The van der Waals surface area contributed by atoms with E-state index in [2.05, 4.69) is 21.5 Å². The molecule has 0 bridgehead atoms. The van der Waals surface area contributed by atoms with Crippen molar-refractivity contribution in [1.29, 1.82) is 5.26 Å². The van der Waals surface area contributed by atoms with E-state index in [1.165, 1.54) is 7.11 Å². The molecule has 11 heteroatoms. The van der Waals surface area contributed by atoms with Crippen molar-refractivity contribution in [2.75, 3.05) is 7.11 Å². The zero-order valence-corrected chi connectivity index (χ0v) is 20.0. The lowest BCUT2D eigenvalue weighted by Gasteiger charge is -2.57. The number of benzene rings is 1. The van der Waals surface area contributed by atoms with Gasteiger partial charge in [-0.15, -0.1) is 0 Å². The molecular weight excluding hydrogens is 470 g/mol. The Labute approximate surface area is 205 Å². The quantitative estimate of drug-likeness (QED) is 0.511. The first-order chi connectivity index (χ1) is 16.8. The Morgan fingerprint density at radius 3 is 2.60 bits per heavy atom. The molecule has 1 amide bonds. The number of ether oxygens (including phenoxy) is 2. The first kappa shape index (κ1) is 22.9. The molecule has 180 valence electrons. The summed E-state index contributed by atoms with van der Waals surface area (Å²) in [5.41, 5.74) is 2.71. The monoisotopic (exact) mass is 493 g/mol. The number of aromatic carboxylic acids is 1. The highest BCUT2D eigenvalue weighted by Crippen LogP contribution is 2.57. The number of carboxylic acid groups (broad SMARTS) is 1. The molecule has 2 heterocycles. The van der Waals surface area contributed by atoms with Crippen LogP contribution in [0.25, 0.3) is 5.69 Å². The number of carbonyl (C=O) groups excluding carboxylic acids is 1. The zero-order valence-electron chi connectivity index (χ0n) is 19.1. The van der Waals surface area contributed by atoms with E-state index in [9.17, 15) is 14.7 Å². The third-order valence-electron chi connectivity index (χ3n) is 6.73. The predicted octanol–water partition coefficient (Wildman–Crippen LogP) is 3.34. The van der Waals surface area contributed by atoms with Gasteiger partial charge >= 0.3 is 5.97 Å². The van der Waals surface area contributed by atoms with E-state index in [1.807, 2.05) is 6.92 Å². The molecular formula is C24H23N5O5S. The van der Waals surface area contributed by atoms with E-state index in [0.717, 1.165) is 48.4 Å². The fraction of sp³-hybridized carbons (Fsp3) is 0.375. The number of amides is 1. The molecule has 2 N–H and O–H groups in total. The first-order valence-electron chi connectivity index (χ1n) is 11.1. The molecule has 1 spiro atoms. The van der Waals surface area contributed by atoms with Crippen molar-refractivity contribution in [3.63, 3.8) is 0 Å². The van der Waals surface area contributed by atoms with Gasteiger partial charge in [-0.1, -0.05) is 11.3 Å². The Hall–Kier alpha value is -3.91. The van der Waals surface area contributed by atoms with Crippen LogP contribution in [0.4, 0.5) is 0 Å². The number of rotatable bonds is 7. The molecule has 2 fully saturated rings. The molecule has 5 rings (SSSR count). The van der Waals surface area contributed by atoms with Crippen molar-refractivity contribution in [1.82, 2.24) is 20.1 Å². The topological polar surface area (TPSA) is 139 Å². The van der Waals surface area contributed by atoms with Crippen molar-refractivity contribution in [3.8, 4) is 22.8 Å². The number of carbonyl (C=O) groups is 2. The van der Waals surface area contributed by atoms with Crippen LogP contribution in [-0.4, -0.2) is 51.0 Å². The van der Waals surface area contributed by atoms with E-state index in [-0.39, 0.29) is 39.4 Å². The summed E-state index contributed by atoms with van der Waals surface area (Å²) in [7, 11) is 1.44. The Morgan fingerprint density at radius 2 is 1.97 bits per heavy atom. The number of nitrogens with zero attached hydrogens (tertiary/aromatic N) is 4. The number of nitriles is 1. The number of hydrogen-bond donors (Lipinski definition) is 2. The average molecular weight is 494 g/mol. The second-order valence-corrected chi connectivity index (χ2v) is 10.0. The summed E-state index contributed by atoms with van der Waals surface area (Å²) in [4.78, 5) is 28.4. The van der Waals surface area contributed by atoms with Gasteiger partial charge in [-0.05, 0) is 62.3 Å². The SMILES string of the molecule is COc1nc(OC2CC3(CC(NC(=O)c4cnn(-c5ccc(C#N)cc5)c4C)C3)C2)c(C(=O)O)s1. The molecule has 3 aromatic rings. The number of nitrogens with one attached hydrogen (secondary N) is 1. The van der Waals surface area contributed by atoms with Gasteiger partial charge in [0.05, 0.1) is 41.9 Å².